The number of nitrogens with zero attached hydrogens (tertiary/aromatic N) is 2. The van der Waals surface area contributed by atoms with Crippen LogP contribution < -0.4 is 11.1 Å². The number of rotatable bonds is 3. The van der Waals surface area contributed by atoms with Gasteiger partial charge in [0.05, 0.1) is 11.0 Å². The molecule has 2 N–H and O–H groups in total. The normalized spacial score (nSPS) is 18.9. The molecule has 1 aliphatic heterocycles. The Kier molecular flexibility index (Phi) is 4.76. The summed E-state index contributed by atoms with van der Waals surface area (Å²) in [6.45, 7) is 8.76. The lowest BCUT2D eigenvalue weighted by atomic mass is 10.1. The van der Waals surface area contributed by atoms with Gasteiger partial charge in [0.15, 0.2) is 0 Å². The lowest BCUT2D eigenvalue weighted by Gasteiger charge is -2.43. The van der Waals surface area contributed by atoms with Crippen LogP contribution in [0.2, 0.25) is 0 Å². The Balaban J connectivity index is 1.86. The molecular formula is C18H24N4O3. The molecule has 7 nitrogen and oxygen atoms in total. The van der Waals surface area contributed by atoms with E-state index in [1.54, 1.807) is 18.2 Å². The SMILES string of the molecule is CC[C@@H]1CN(C(=O)c2ccc3[nH]c(=O)c(=O)[nH]c3c2)CCN1C(C)C. The van der Waals surface area contributed by atoms with Crippen molar-refractivity contribution in [2.75, 3.05) is 19.6 Å². The lowest BCUT2D eigenvalue weighted by molar-refractivity contribution is 0.0371. The fourth-order valence-corrected chi connectivity index (χ4v) is 3.53. The molecule has 7 heteroatoms. The van der Waals surface area contributed by atoms with E-state index < -0.39 is 11.1 Å². The summed E-state index contributed by atoms with van der Waals surface area (Å²) in [6.07, 6.45) is 0.994. The van der Waals surface area contributed by atoms with E-state index in [2.05, 4.69) is 35.6 Å². The number of carbonyl (C=O) groups is 1. The summed E-state index contributed by atoms with van der Waals surface area (Å²) in [4.78, 5) is 45.1. The second-order valence-electron chi connectivity index (χ2n) is 6.81. The highest BCUT2D eigenvalue weighted by Crippen LogP contribution is 2.19. The fraction of sp³-hybridized carbons (Fsp3) is 0.500. The third-order valence-corrected chi connectivity index (χ3v) is 4.92. The molecule has 0 radical (unpaired) electrons. The molecule has 1 fully saturated rings. The quantitative estimate of drug-likeness (QED) is 0.818. The lowest BCUT2D eigenvalue weighted by Crippen LogP contribution is -2.56. The van der Waals surface area contributed by atoms with E-state index in [9.17, 15) is 14.4 Å². The van der Waals surface area contributed by atoms with Crippen LogP contribution in [0.25, 0.3) is 11.0 Å². The van der Waals surface area contributed by atoms with Crippen molar-refractivity contribution in [1.29, 1.82) is 0 Å². The average molecular weight is 344 g/mol. The molecule has 2 heterocycles. The summed E-state index contributed by atoms with van der Waals surface area (Å²) < 4.78 is 0. The Morgan fingerprint density at radius 2 is 1.84 bits per heavy atom. The first kappa shape index (κ1) is 17.4. The van der Waals surface area contributed by atoms with Gasteiger partial charge in [-0.15, -0.1) is 0 Å². The highest BCUT2D eigenvalue weighted by atomic mass is 16.2. The minimum absolute atomic E-state index is 0.0456. The molecule has 1 atom stereocenters. The molecule has 0 bridgehead atoms. The van der Waals surface area contributed by atoms with Gasteiger partial charge in [-0.25, -0.2) is 0 Å². The Morgan fingerprint density at radius 1 is 1.16 bits per heavy atom. The van der Waals surface area contributed by atoms with Gasteiger partial charge in [0.1, 0.15) is 0 Å². The summed E-state index contributed by atoms with van der Waals surface area (Å²) >= 11 is 0. The summed E-state index contributed by atoms with van der Waals surface area (Å²) in [6, 6.07) is 5.79. The largest absolute Gasteiger partial charge is 0.336 e. The standard InChI is InChI=1S/C18H24N4O3/c1-4-13-10-21(7-8-22(13)11(2)3)18(25)12-5-6-14-15(9-12)20-17(24)16(23)19-14/h5-6,9,11,13H,4,7-8,10H2,1-3H3,(H,19,23)(H,20,24)/t13-/m1/s1. The minimum Gasteiger partial charge on any atom is -0.336 e. The molecule has 134 valence electrons. The van der Waals surface area contributed by atoms with Gasteiger partial charge in [0.2, 0.25) is 0 Å². The van der Waals surface area contributed by atoms with Crippen molar-refractivity contribution in [2.45, 2.75) is 39.3 Å². The maximum Gasteiger partial charge on any atom is 0.314 e. The highest BCUT2D eigenvalue weighted by molar-refractivity contribution is 5.97. The zero-order valence-electron chi connectivity index (χ0n) is 14.8. The molecule has 0 saturated carbocycles. The topological polar surface area (TPSA) is 89.3 Å². The van der Waals surface area contributed by atoms with Gasteiger partial charge in [-0.3, -0.25) is 19.3 Å². The maximum absolute atomic E-state index is 12.9. The van der Waals surface area contributed by atoms with Crippen molar-refractivity contribution in [3.63, 3.8) is 0 Å². The van der Waals surface area contributed by atoms with Crippen LogP contribution in [0.3, 0.4) is 0 Å². The van der Waals surface area contributed by atoms with Crippen molar-refractivity contribution in [1.82, 2.24) is 19.8 Å². The molecule has 1 aromatic carbocycles. The number of aromatic nitrogens is 2. The number of fused-ring (bicyclic) bond motifs is 1. The van der Waals surface area contributed by atoms with Gasteiger partial charge in [-0.05, 0) is 38.5 Å². The minimum atomic E-state index is -0.714. The Bertz CT molecular complexity index is 899. The molecule has 1 saturated heterocycles. The van der Waals surface area contributed by atoms with Crippen molar-refractivity contribution in [2.24, 2.45) is 0 Å². The zero-order valence-corrected chi connectivity index (χ0v) is 14.8. The molecule has 3 rings (SSSR count). The predicted octanol–water partition coefficient (Wildman–Crippen LogP) is 1.16. The van der Waals surface area contributed by atoms with Crippen molar-refractivity contribution >= 4 is 16.9 Å². The molecule has 0 unspecified atom stereocenters. The van der Waals surface area contributed by atoms with Crippen LogP contribution in [0.4, 0.5) is 0 Å². The van der Waals surface area contributed by atoms with Crippen molar-refractivity contribution < 1.29 is 4.79 Å². The second-order valence-corrected chi connectivity index (χ2v) is 6.81. The first-order valence-corrected chi connectivity index (χ1v) is 8.72. The van der Waals surface area contributed by atoms with Gasteiger partial charge in [0, 0.05) is 37.3 Å². The Morgan fingerprint density at radius 3 is 2.48 bits per heavy atom. The number of aromatic amines is 2. The molecule has 25 heavy (non-hydrogen) atoms. The number of hydrogen-bond acceptors (Lipinski definition) is 4. The van der Waals surface area contributed by atoms with Gasteiger partial charge in [-0.1, -0.05) is 6.92 Å². The number of benzene rings is 1. The van der Waals surface area contributed by atoms with Gasteiger partial charge in [-0.2, -0.15) is 0 Å². The van der Waals surface area contributed by atoms with E-state index in [0.29, 0.717) is 41.8 Å². The Hall–Kier alpha value is -2.41. The number of hydrogen-bond donors (Lipinski definition) is 2. The van der Waals surface area contributed by atoms with Crippen LogP contribution in [0.5, 0.6) is 0 Å². The van der Waals surface area contributed by atoms with E-state index in [4.69, 9.17) is 0 Å². The molecule has 0 spiro atoms. The average Bonchev–Trinajstić information content (AvgIpc) is 2.61. The molecule has 1 amide bonds. The van der Waals surface area contributed by atoms with Crippen LogP contribution in [0, 0.1) is 0 Å². The van der Waals surface area contributed by atoms with Crippen molar-refractivity contribution in [3.05, 3.63) is 44.5 Å². The zero-order chi connectivity index (χ0) is 18.1. The van der Waals surface area contributed by atoms with Crippen molar-refractivity contribution in [3.8, 4) is 0 Å². The maximum atomic E-state index is 12.9. The number of nitrogens with one attached hydrogen (secondary N) is 2. The molecule has 2 aromatic rings. The van der Waals surface area contributed by atoms with Gasteiger partial charge < -0.3 is 14.9 Å². The van der Waals surface area contributed by atoms with E-state index >= 15 is 0 Å². The fourth-order valence-electron chi connectivity index (χ4n) is 3.53. The predicted molar refractivity (Wildman–Crippen MR) is 97.0 cm³/mol. The van der Waals surface area contributed by atoms with Gasteiger partial charge >= 0.3 is 11.1 Å². The van der Waals surface area contributed by atoms with E-state index in [1.165, 1.54) is 0 Å². The summed E-state index contributed by atoms with van der Waals surface area (Å²) in [7, 11) is 0. The molecule has 1 aromatic heterocycles. The first-order chi connectivity index (χ1) is 11.9. The summed E-state index contributed by atoms with van der Waals surface area (Å²) in [5.41, 5.74) is 0.0828. The molecule has 1 aliphatic rings. The van der Waals surface area contributed by atoms with E-state index in [0.717, 1.165) is 13.0 Å². The Labute approximate surface area is 145 Å². The summed E-state index contributed by atoms with van der Waals surface area (Å²) in [5, 5.41) is 0. The van der Waals surface area contributed by atoms with Crippen LogP contribution in [-0.4, -0.2) is 57.4 Å². The van der Waals surface area contributed by atoms with Crippen LogP contribution in [0.1, 0.15) is 37.6 Å². The third kappa shape index (κ3) is 3.37. The smallest absolute Gasteiger partial charge is 0.314 e. The molecular weight excluding hydrogens is 320 g/mol. The first-order valence-electron chi connectivity index (χ1n) is 8.72. The number of piperazine rings is 1. The third-order valence-electron chi connectivity index (χ3n) is 4.92. The summed E-state index contributed by atoms with van der Waals surface area (Å²) in [5.74, 6) is -0.0456. The number of carbonyl (C=O) groups excluding carboxylic acids is 1. The number of H-pyrrole nitrogens is 2. The monoisotopic (exact) mass is 344 g/mol. The molecule has 0 aliphatic carbocycles. The highest BCUT2D eigenvalue weighted by Gasteiger charge is 2.30. The van der Waals surface area contributed by atoms with Crippen LogP contribution in [-0.2, 0) is 0 Å². The van der Waals surface area contributed by atoms with Crippen LogP contribution >= 0.6 is 0 Å². The van der Waals surface area contributed by atoms with E-state index in [-0.39, 0.29) is 5.91 Å². The number of amides is 1. The van der Waals surface area contributed by atoms with E-state index in [1.807, 2.05) is 4.90 Å². The van der Waals surface area contributed by atoms with Crippen LogP contribution in [0.15, 0.2) is 27.8 Å². The van der Waals surface area contributed by atoms with Gasteiger partial charge in [0.25, 0.3) is 5.91 Å². The second kappa shape index (κ2) is 6.84.